The molecule has 1 aromatic carbocycles. The maximum absolute atomic E-state index is 13.1. The fraction of sp³-hybridized carbons (Fsp3) is 0.217. The highest BCUT2D eigenvalue weighted by Gasteiger charge is 2.33. The van der Waals surface area contributed by atoms with Gasteiger partial charge in [-0.2, -0.15) is 0 Å². The number of urea groups is 1. The minimum absolute atomic E-state index is 0.00462. The van der Waals surface area contributed by atoms with Crippen LogP contribution in [-0.4, -0.2) is 63.3 Å². The van der Waals surface area contributed by atoms with Gasteiger partial charge in [0.15, 0.2) is 0 Å². The first-order valence-electron chi connectivity index (χ1n) is 10.9. The number of benzene rings is 1. The van der Waals surface area contributed by atoms with E-state index in [4.69, 9.17) is 0 Å². The number of nitrogens with one attached hydrogen (secondary N) is 3. The number of sulfonamides is 1. The molecule has 3 N–H and O–H groups in total. The minimum atomic E-state index is -3.99. The van der Waals surface area contributed by atoms with E-state index in [0.717, 1.165) is 35.0 Å². The summed E-state index contributed by atoms with van der Waals surface area (Å²) in [5.41, 5.74) is 2.06. The van der Waals surface area contributed by atoms with Gasteiger partial charge in [0, 0.05) is 24.3 Å². The smallest absolute Gasteiger partial charge is 0.333 e. The number of thiophene rings is 1. The number of carbonyl (C=O) groups excluding carboxylic acids is 3. The van der Waals surface area contributed by atoms with Crippen molar-refractivity contribution >= 4 is 56.4 Å². The summed E-state index contributed by atoms with van der Waals surface area (Å²) in [5.74, 6) is -0.819. The van der Waals surface area contributed by atoms with Crippen molar-refractivity contribution < 1.29 is 22.8 Å². The minimum Gasteiger partial charge on any atom is -0.384 e. The lowest BCUT2D eigenvalue weighted by atomic mass is 9.97. The van der Waals surface area contributed by atoms with Crippen LogP contribution in [0, 0.1) is 0 Å². The van der Waals surface area contributed by atoms with Crippen LogP contribution < -0.4 is 20.3 Å². The second kappa shape index (κ2) is 10.4. The van der Waals surface area contributed by atoms with Gasteiger partial charge in [0.25, 0.3) is 15.9 Å². The Morgan fingerprint density at radius 3 is 2.58 bits per heavy atom. The average molecular weight is 529 g/mol. The number of carbonyl (C=O) groups is 3. The number of hydrogen-bond donors (Lipinski definition) is 3. The molecule has 1 aliphatic heterocycles. The number of pyridine rings is 1. The van der Waals surface area contributed by atoms with Gasteiger partial charge in [0.05, 0.1) is 18.3 Å². The van der Waals surface area contributed by atoms with Crippen molar-refractivity contribution in [3.05, 3.63) is 65.2 Å². The molecular weight excluding hydrogens is 504 g/mol. The van der Waals surface area contributed by atoms with E-state index in [1.807, 2.05) is 23.7 Å². The highest BCUT2D eigenvalue weighted by molar-refractivity contribution is 7.92. The normalized spacial score (nSPS) is 13.5. The van der Waals surface area contributed by atoms with Gasteiger partial charge < -0.3 is 15.5 Å². The molecule has 13 heteroatoms. The molecule has 36 heavy (non-hydrogen) atoms. The SMILES string of the molecule is CN(C)CCNc1ccc2c(c1)CC(=O)N(c1ccc(NC(=O)NS(=O)(=O)c3cccs3)cn1)C2=O. The summed E-state index contributed by atoms with van der Waals surface area (Å²) in [5, 5.41) is 7.23. The van der Waals surface area contributed by atoms with E-state index in [1.54, 1.807) is 29.6 Å². The van der Waals surface area contributed by atoms with Crippen LogP contribution in [0.4, 0.5) is 22.0 Å². The van der Waals surface area contributed by atoms with Gasteiger partial charge in [-0.1, -0.05) is 6.07 Å². The largest absolute Gasteiger partial charge is 0.384 e. The van der Waals surface area contributed by atoms with Crippen LogP contribution in [0.3, 0.4) is 0 Å². The summed E-state index contributed by atoms with van der Waals surface area (Å²) < 4.78 is 26.2. The first kappa shape index (κ1) is 25.3. The van der Waals surface area contributed by atoms with Crippen LogP contribution in [-0.2, 0) is 21.2 Å². The molecule has 2 aromatic heterocycles. The lowest BCUT2D eigenvalue weighted by molar-refractivity contribution is -0.117. The Balaban J connectivity index is 1.43. The molecule has 0 saturated carbocycles. The molecule has 4 amide bonds. The first-order valence-corrected chi connectivity index (χ1v) is 13.2. The third kappa shape index (κ3) is 5.70. The first-order chi connectivity index (χ1) is 17.1. The van der Waals surface area contributed by atoms with E-state index >= 15 is 0 Å². The van der Waals surface area contributed by atoms with Gasteiger partial charge in [-0.05, 0) is 61.4 Å². The fourth-order valence-corrected chi connectivity index (χ4v) is 5.43. The molecule has 11 nitrogen and oxygen atoms in total. The molecule has 3 aromatic rings. The third-order valence-corrected chi connectivity index (χ3v) is 7.97. The molecule has 0 aliphatic carbocycles. The number of fused-ring (bicyclic) bond motifs is 1. The van der Waals surface area contributed by atoms with Crippen molar-refractivity contribution in [2.75, 3.05) is 42.7 Å². The zero-order chi connectivity index (χ0) is 25.9. The number of likely N-dealkylation sites (N-methyl/N-ethyl adjacent to an activating group) is 1. The maximum Gasteiger partial charge on any atom is 0.333 e. The van der Waals surface area contributed by atoms with Crippen LogP contribution in [0.5, 0.6) is 0 Å². The number of aromatic nitrogens is 1. The van der Waals surface area contributed by atoms with E-state index in [9.17, 15) is 22.8 Å². The van der Waals surface area contributed by atoms with Crippen LogP contribution >= 0.6 is 11.3 Å². The second-order valence-corrected chi connectivity index (χ2v) is 11.1. The molecule has 0 fully saturated rings. The van der Waals surface area contributed by atoms with Gasteiger partial charge in [0.2, 0.25) is 5.91 Å². The Kier molecular flexibility index (Phi) is 7.33. The van der Waals surface area contributed by atoms with Crippen LogP contribution in [0.25, 0.3) is 0 Å². The Labute approximate surface area is 212 Å². The number of rotatable bonds is 8. The van der Waals surface area contributed by atoms with E-state index in [0.29, 0.717) is 11.1 Å². The van der Waals surface area contributed by atoms with Crippen molar-refractivity contribution in [1.29, 1.82) is 0 Å². The van der Waals surface area contributed by atoms with Crippen molar-refractivity contribution in [3.63, 3.8) is 0 Å². The highest BCUT2D eigenvalue weighted by Crippen LogP contribution is 2.27. The Bertz CT molecular complexity index is 1390. The second-order valence-electron chi connectivity index (χ2n) is 8.21. The van der Waals surface area contributed by atoms with Gasteiger partial charge >= 0.3 is 6.03 Å². The zero-order valence-corrected chi connectivity index (χ0v) is 21.1. The lowest BCUT2D eigenvalue weighted by Crippen LogP contribution is -2.43. The fourth-order valence-electron chi connectivity index (χ4n) is 3.53. The summed E-state index contributed by atoms with van der Waals surface area (Å²) in [6.07, 6.45) is 1.27. The summed E-state index contributed by atoms with van der Waals surface area (Å²) >= 11 is 0.979. The molecule has 0 bridgehead atoms. The molecule has 0 spiro atoms. The number of anilines is 3. The molecule has 0 unspecified atom stereocenters. The summed E-state index contributed by atoms with van der Waals surface area (Å²) in [6, 6.07) is 10.1. The van der Waals surface area contributed by atoms with Crippen LogP contribution in [0.15, 0.2) is 58.3 Å². The number of amides is 4. The molecule has 0 saturated heterocycles. The molecule has 4 rings (SSSR count). The van der Waals surface area contributed by atoms with Crippen molar-refractivity contribution in [2.24, 2.45) is 0 Å². The van der Waals surface area contributed by atoms with E-state index in [-0.39, 0.29) is 22.1 Å². The number of imide groups is 1. The summed E-state index contributed by atoms with van der Waals surface area (Å²) in [7, 11) is -0.0352. The quantitative estimate of drug-likeness (QED) is 0.379. The average Bonchev–Trinajstić information content (AvgIpc) is 3.36. The highest BCUT2D eigenvalue weighted by atomic mass is 32.2. The summed E-state index contributed by atoms with van der Waals surface area (Å²) in [4.78, 5) is 45.2. The molecule has 1 aliphatic rings. The van der Waals surface area contributed by atoms with E-state index in [1.165, 1.54) is 24.4 Å². The van der Waals surface area contributed by atoms with Crippen molar-refractivity contribution in [1.82, 2.24) is 14.6 Å². The van der Waals surface area contributed by atoms with E-state index in [2.05, 4.69) is 15.6 Å². The molecule has 188 valence electrons. The number of nitrogens with zero attached hydrogens (tertiary/aromatic N) is 3. The zero-order valence-electron chi connectivity index (χ0n) is 19.5. The topological polar surface area (TPSA) is 141 Å². The summed E-state index contributed by atoms with van der Waals surface area (Å²) in [6.45, 7) is 1.56. The Morgan fingerprint density at radius 2 is 1.92 bits per heavy atom. The predicted molar refractivity (Wildman–Crippen MR) is 137 cm³/mol. The van der Waals surface area contributed by atoms with Gasteiger partial charge in [-0.3, -0.25) is 9.59 Å². The number of hydrogen-bond acceptors (Lipinski definition) is 9. The Hall–Kier alpha value is -3.81. The van der Waals surface area contributed by atoms with Gasteiger partial charge in [-0.25, -0.2) is 27.8 Å². The lowest BCUT2D eigenvalue weighted by Gasteiger charge is -2.26. The van der Waals surface area contributed by atoms with Crippen molar-refractivity contribution in [2.45, 2.75) is 10.6 Å². The standard InChI is InChI=1S/C23H24N6O5S2/c1-28(2)10-9-24-16-5-7-18-15(12-16)13-20(30)29(22(18)31)19-8-6-17(14-25-19)26-23(32)27-36(33,34)21-4-3-11-35-21/h3-8,11-12,14,24H,9-10,13H2,1-2H3,(H2,26,27,32). The molecular formula is C23H24N6O5S2. The van der Waals surface area contributed by atoms with Crippen LogP contribution in [0.2, 0.25) is 0 Å². The van der Waals surface area contributed by atoms with E-state index < -0.39 is 27.9 Å². The predicted octanol–water partition coefficient (Wildman–Crippen LogP) is 2.36. The molecule has 0 radical (unpaired) electrons. The van der Waals surface area contributed by atoms with Gasteiger partial charge in [0.1, 0.15) is 10.0 Å². The third-order valence-electron chi connectivity index (χ3n) is 5.24. The van der Waals surface area contributed by atoms with Crippen LogP contribution in [0.1, 0.15) is 15.9 Å². The molecule has 3 heterocycles. The Morgan fingerprint density at radius 1 is 1.14 bits per heavy atom. The monoisotopic (exact) mass is 528 g/mol. The van der Waals surface area contributed by atoms with Crippen molar-refractivity contribution in [3.8, 4) is 0 Å². The van der Waals surface area contributed by atoms with Gasteiger partial charge in [-0.15, -0.1) is 11.3 Å². The maximum atomic E-state index is 13.1. The molecule has 0 atom stereocenters.